The van der Waals surface area contributed by atoms with Gasteiger partial charge in [-0.15, -0.1) is 10.2 Å². The van der Waals surface area contributed by atoms with Crippen LogP contribution in [-0.4, -0.2) is 42.4 Å². The summed E-state index contributed by atoms with van der Waals surface area (Å²) in [6.45, 7) is 4.79. The van der Waals surface area contributed by atoms with Crippen LogP contribution in [0.15, 0.2) is 24.3 Å². The van der Waals surface area contributed by atoms with Gasteiger partial charge in [0.2, 0.25) is 5.13 Å². The minimum atomic E-state index is -0.241. The Morgan fingerprint density at radius 2 is 2.09 bits per heavy atom. The van der Waals surface area contributed by atoms with Crippen LogP contribution in [0.25, 0.3) is 0 Å². The molecular formula is C15H19N5O2S. The van der Waals surface area contributed by atoms with Crippen LogP contribution in [0.1, 0.15) is 28.3 Å². The Morgan fingerprint density at radius 1 is 1.35 bits per heavy atom. The molecule has 2 aromatic rings. The van der Waals surface area contributed by atoms with E-state index in [1.54, 1.807) is 0 Å². The lowest BCUT2D eigenvalue weighted by Gasteiger charge is -2.30. The highest BCUT2D eigenvalue weighted by molar-refractivity contribution is 7.15. The molecule has 0 aliphatic carbocycles. The molecule has 1 aromatic carbocycles. The zero-order valence-electron chi connectivity index (χ0n) is 12.9. The first kappa shape index (κ1) is 15.7. The van der Waals surface area contributed by atoms with E-state index >= 15 is 0 Å². The molecule has 7 nitrogen and oxygen atoms in total. The van der Waals surface area contributed by atoms with E-state index in [-0.39, 0.29) is 11.9 Å². The second-order valence-corrected chi connectivity index (χ2v) is 6.33. The standard InChI is InChI=1S/C15H19N5O2S/c1-10(14-18-19-15(16)23-14)17-13(21)11-4-2-3-5-12(11)20-6-8-22-9-7-20/h2-5,10H,6-9H2,1H3,(H2,16,19)(H,17,21). The van der Waals surface area contributed by atoms with E-state index in [1.165, 1.54) is 11.3 Å². The number of aromatic nitrogens is 2. The number of rotatable bonds is 4. The molecule has 1 aromatic heterocycles. The first-order chi connectivity index (χ1) is 11.1. The molecule has 3 rings (SSSR count). The second kappa shape index (κ2) is 6.93. The number of hydrogen-bond acceptors (Lipinski definition) is 7. The van der Waals surface area contributed by atoms with Crippen LogP contribution in [0.4, 0.5) is 10.8 Å². The van der Waals surface area contributed by atoms with E-state index in [9.17, 15) is 4.79 Å². The largest absolute Gasteiger partial charge is 0.378 e. The summed E-state index contributed by atoms with van der Waals surface area (Å²) in [6, 6.07) is 7.37. The molecule has 1 atom stereocenters. The predicted octanol–water partition coefficient (Wildman–Crippen LogP) is 1.45. The lowest BCUT2D eigenvalue weighted by Crippen LogP contribution is -2.38. The fourth-order valence-corrected chi connectivity index (χ4v) is 3.12. The van der Waals surface area contributed by atoms with Crippen molar-refractivity contribution in [2.45, 2.75) is 13.0 Å². The highest BCUT2D eigenvalue weighted by atomic mass is 32.1. The average molecular weight is 333 g/mol. The maximum Gasteiger partial charge on any atom is 0.253 e. The maximum atomic E-state index is 12.7. The molecule has 1 saturated heterocycles. The third-order valence-electron chi connectivity index (χ3n) is 3.67. The molecule has 3 N–H and O–H groups in total. The monoisotopic (exact) mass is 333 g/mol. The zero-order chi connectivity index (χ0) is 16.2. The summed E-state index contributed by atoms with van der Waals surface area (Å²) >= 11 is 1.28. The van der Waals surface area contributed by atoms with Crippen LogP contribution in [0.2, 0.25) is 0 Å². The van der Waals surface area contributed by atoms with Crippen molar-refractivity contribution in [3.63, 3.8) is 0 Å². The first-order valence-corrected chi connectivity index (χ1v) is 8.28. The Balaban J connectivity index is 1.76. The highest BCUT2D eigenvalue weighted by Gasteiger charge is 2.20. The van der Waals surface area contributed by atoms with Crippen molar-refractivity contribution in [1.82, 2.24) is 15.5 Å². The fraction of sp³-hybridized carbons (Fsp3) is 0.400. The Hall–Kier alpha value is -2.19. The second-order valence-electron chi connectivity index (χ2n) is 5.29. The molecule has 0 saturated carbocycles. The van der Waals surface area contributed by atoms with Crippen LogP contribution in [-0.2, 0) is 4.74 Å². The van der Waals surface area contributed by atoms with Gasteiger partial charge in [-0.1, -0.05) is 23.5 Å². The van der Waals surface area contributed by atoms with Gasteiger partial charge in [-0.3, -0.25) is 4.79 Å². The van der Waals surface area contributed by atoms with Crippen LogP contribution in [0.5, 0.6) is 0 Å². The Labute approximate surface area is 138 Å². The smallest absolute Gasteiger partial charge is 0.253 e. The molecule has 122 valence electrons. The minimum Gasteiger partial charge on any atom is -0.378 e. The van der Waals surface area contributed by atoms with Crippen molar-refractivity contribution in [3.05, 3.63) is 34.8 Å². The molecular weight excluding hydrogens is 314 g/mol. The van der Waals surface area contributed by atoms with E-state index in [1.807, 2.05) is 31.2 Å². The molecule has 1 aliphatic heterocycles. The number of morpholine rings is 1. The maximum absolute atomic E-state index is 12.7. The number of amides is 1. The molecule has 1 unspecified atom stereocenters. The normalized spacial score (nSPS) is 16.1. The summed E-state index contributed by atoms with van der Waals surface area (Å²) in [5, 5.41) is 11.8. The van der Waals surface area contributed by atoms with Gasteiger partial charge in [-0.2, -0.15) is 0 Å². The molecule has 23 heavy (non-hydrogen) atoms. The summed E-state index contributed by atoms with van der Waals surface area (Å²) in [5.41, 5.74) is 7.17. The number of nitrogens with zero attached hydrogens (tertiary/aromatic N) is 3. The number of carbonyl (C=O) groups is 1. The molecule has 2 heterocycles. The van der Waals surface area contributed by atoms with E-state index in [0.717, 1.165) is 18.8 Å². The van der Waals surface area contributed by atoms with E-state index in [0.29, 0.717) is 28.9 Å². The van der Waals surface area contributed by atoms with E-state index in [4.69, 9.17) is 10.5 Å². The third kappa shape index (κ3) is 3.59. The summed E-state index contributed by atoms with van der Waals surface area (Å²) in [6.07, 6.45) is 0. The van der Waals surface area contributed by atoms with Gasteiger partial charge in [0.25, 0.3) is 5.91 Å². The van der Waals surface area contributed by atoms with Crippen molar-refractivity contribution in [1.29, 1.82) is 0 Å². The van der Waals surface area contributed by atoms with Gasteiger partial charge in [0, 0.05) is 18.8 Å². The van der Waals surface area contributed by atoms with Crippen LogP contribution in [0.3, 0.4) is 0 Å². The van der Waals surface area contributed by atoms with Gasteiger partial charge in [0.05, 0.1) is 24.8 Å². The quantitative estimate of drug-likeness (QED) is 0.879. The SMILES string of the molecule is CC(NC(=O)c1ccccc1N1CCOCC1)c1nnc(N)s1. The van der Waals surface area contributed by atoms with Gasteiger partial charge in [0.1, 0.15) is 5.01 Å². The third-order valence-corrected chi connectivity index (χ3v) is 4.61. The van der Waals surface area contributed by atoms with Crippen molar-refractivity contribution >= 4 is 28.1 Å². The zero-order valence-corrected chi connectivity index (χ0v) is 13.7. The highest BCUT2D eigenvalue weighted by Crippen LogP contribution is 2.23. The Morgan fingerprint density at radius 3 is 2.78 bits per heavy atom. The summed E-state index contributed by atoms with van der Waals surface area (Å²) in [7, 11) is 0. The van der Waals surface area contributed by atoms with Gasteiger partial charge in [0.15, 0.2) is 0 Å². The van der Waals surface area contributed by atoms with Crippen LogP contribution < -0.4 is 16.0 Å². The predicted molar refractivity (Wildman–Crippen MR) is 89.7 cm³/mol. The van der Waals surface area contributed by atoms with E-state index < -0.39 is 0 Å². The number of nitrogens with two attached hydrogens (primary N) is 1. The van der Waals surface area contributed by atoms with Crippen molar-refractivity contribution in [3.8, 4) is 0 Å². The van der Waals surface area contributed by atoms with Gasteiger partial charge in [-0.05, 0) is 19.1 Å². The molecule has 8 heteroatoms. The molecule has 1 amide bonds. The molecule has 0 radical (unpaired) electrons. The number of nitrogens with one attached hydrogen (secondary N) is 1. The van der Waals surface area contributed by atoms with Gasteiger partial charge >= 0.3 is 0 Å². The topological polar surface area (TPSA) is 93.4 Å². The molecule has 0 bridgehead atoms. The summed E-state index contributed by atoms with van der Waals surface area (Å²) in [5.74, 6) is -0.131. The first-order valence-electron chi connectivity index (χ1n) is 7.46. The number of benzene rings is 1. The number of hydrogen-bond donors (Lipinski definition) is 2. The van der Waals surface area contributed by atoms with Crippen molar-refractivity contribution < 1.29 is 9.53 Å². The number of carbonyl (C=O) groups excluding carboxylic acids is 1. The van der Waals surface area contributed by atoms with Gasteiger partial charge < -0.3 is 20.7 Å². The number of anilines is 2. The summed E-state index contributed by atoms with van der Waals surface area (Å²) in [4.78, 5) is 14.8. The molecule has 1 aliphatic rings. The van der Waals surface area contributed by atoms with Crippen molar-refractivity contribution in [2.24, 2.45) is 0 Å². The van der Waals surface area contributed by atoms with Crippen LogP contribution >= 0.6 is 11.3 Å². The number of nitrogen functional groups attached to an aromatic ring is 1. The lowest BCUT2D eigenvalue weighted by atomic mass is 10.1. The molecule has 0 spiro atoms. The van der Waals surface area contributed by atoms with E-state index in [2.05, 4.69) is 20.4 Å². The Kier molecular flexibility index (Phi) is 4.73. The van der Waals surface area contributed by atoms with Crippen molar-refractivity contribution in [2.75, 3.05) is 36.9 Å². The van der Waals surface area contributed by atoms with Gasteiger partial charge in [-0.25, -0.2) is 0 Å². The Bertz CT molecular complexity index is 684. The average Bonchev–Trinajstić information content (AvgIpc) is 3.02. The summed E-state index contributed by atoms with van der Waals surface area (Å²) < 4.78 is 5.38. The lowest BCUT2D eigenvalue weighted by molar-refractivity contribution is 0.0938. The fourth-order valence-electron chi connectivity index (χ4n) is 2.50. The minimum absolute atomic E-state index is 0.131. The number of ether oxygens (including phenoxy) is 1. The number of para-hydroxylation sites is 1. The molecule has 1 fully saturated rings. The van der Waals surface area contributed by atoms with Crippen LogP contribution in [0, 0.1) is 0 Å².